The lowest BCUT2D eigenvalue weighted by molar-refractivity contribution is -0.137. The van der Waals surface area contributed by atoms with Gasteiger partial charge in [0.05, 0.1) is 11.3 Å². The number of rotatable bonds is 5. The number of ether oxygens (including phenoxy) is 1. The summed E-state index contributed by atoms with van der Waals surface area (Å²) in [4.78, 5) is 4.19. The van der Waals surface area contributed by atoms with E-state index in [1.54, 1.807) is 18.3 Å². The van der Waals surface area contributed by atoms with Crippen LogP contribution in [0.5, 0.6) is 5.75 Å². The molecule has 3 nitrogen and oxygen atoms in total. The molecule has 0 aliphatic rings. The average molecular weight is 296 g/mol. The summed E-state index contributed by atoms with van der Waals surface area (Å²) in [6.07, 6.45) is -2.57. The maximum atomic E-state index is 12.5. The summed E-state index contributed by atoms with van der Waals surface area (Å²) in [7, 11) is 0. The van der Waals surface area contributed by atoms with E-state index < -0.39 is 11.7 Å². The van der Waals surface area contributed by atoms with Gasteiger partial charge in [0.2, 0.25) is 0 Å². The highest BCUT2D eigenvalue weighted by atomic mass is 19.4. The van der Waals surface area contributed by atoms with Gasteiger partial charge in [0.25, 0.3) is 0 Å². The largest absolute Gasteiger partial charge is 0.484 e. The molecule has 0 aliphatic heterocycles. The summed E-state index contributed by atoms with van der Waals surface area (Å²) in [6, 6.07) is 9.98. The van der Waals surface area contributed by atoms with Gasteiger partial charge in [-0.05, 0) is 42.9 Å². The van der Waals surface area contributed by atoms with Crippen molar-refractivity contribution in [3.05, 3.63) is 59.9 Å². The monoisotopic (exact) mass is 296 g/mol. The van der Waals surface area contributed by atoms with Crippen molar-refractivity contribution in [2.75, 3.05) is 6.54 Å². The fraction of sp³-hybridized carbons (Fsp3) is 0.267. The third-order valence-electron chi connectivity index (χ3n) is 2.91. The summed E-state index contributed by atoms with van der Waals surface area (Å²) in [5.41, 5.74) is 5.54. The SMILES string of the molecule is NCCC(Oc1ccc(C(F)(F)F)cc1)c1ccccn1. The smallest absolute Gasteiger partial charge is 0.416 e. The number of nitrogens with zero attached hydrogens (tertiary/aromatic N) is 1. The Kier molecular flexibility index (Phi) is 4.80. The van der Waals surface area contributed by atoms with E-state index in [-0.39, 0.29) is 6.10 Å². The van der Waals surface area contributed by atoms with Gasteiger partial charge in [-0.15, -0.1) is 0 Å². The van der Waals surface area contributed by atoms with Gasteiger partial charge in [-0.1, -0.05) is 6.07 Å². The van der Waals surface area contributed by atoms with Crippen LogP contribution in [0.1, 0.15) is 23.8 Å². The molecular weight excluding hydrogens is 281 g/mol. The second-order valence-corrected chi connectivity index (χ2v) is 4.46. The molecule has 1 aromatic carbocycles. The van der Waals surface area contributed by atoms with Gasteiger partial charge in [0, 0.05) is 12.6 Å². The molecule has 1 aromatic heterocycles. The molecule has 2 rings (SSSR count). The minimum absolute atomic E-state index is 0.354. The Morgan fingerprint density at radius 2 is 1.81 bits per heavy atom. The highest BCUT2D eigenvalue weighted by Gasteiger charge is 2.30. The van der Waals surface area contributed by atoms with Crippen LogP contribution >= 0.6 is 0 Å². The zero-order valence-corrected chi connectivity index (χ0v) is 11.2. The zero-order valence-electron chi connectivity index (χ0n) is 11.2. The summed E-state index contributed by atoms with van der Waals surface area (Å²) in [5.74, 6) is 0.354. The molecule has 1 atom stereocenters. The normalized spacial score (nSPS) is 13.0. The first kappa shape index (κ1) is 15.3. The molecule has 2 N–H and O–H groups in total. The number of pyridine rings is 1. The summed E-state index contributed by atoms with van der Waals surface area (Å²) >= 11 is 0. The molecule has 2 aromatic rings. The molecule has 0 spiro atoms. The van der Waals surface area contributed by atoms with E-state index in [9.17, 15) is 13.2 Å². The lowest BCUT2D eigenvalue weighted by Crippen LogP contribution is -2.14. The van der Waals surface area contributed by atoms with Crippen molar-refractivity contribution < 1.29 is 17.9 Å². The van der Waals surface area contributed by atoms with Gasteiger partial charge >= 0.3 is 6.18 Å². The van der Waals surface area contributed by atoms with Crippen molar-refractivity contribution in [3.63, 3.8) is 0 Å². The molecule has 0 amide bonds. The van der Waals surface area contributed by atoms with Crippen LogP contribution in [0.15, 0.2) is 48.7 Å². The molecule has 0 bridgehead atoms. The van der Waals surface area contributed by atoms with E-state index in [4.69, 9.17) is 10.5 Å². The molecule has 0 fully saturated rings. The van der Waals surface area contributed by atoms with Crippen molar-refractivity contribution in [2.24, 2.45) is 5.73 Å². The lowest BCUT2D eigenvalue weighted by atomic mass is 10.1. The van der Waals surface area contributed by atoms with Gasteiger partial charge in [-0.2, -0.15) is 13.2 Å². The Labute approximate surface area is 120 Å². The Morgan fingerprint density at radius 3 is 2.33 bits per heavy atom. The second-order valence-electron chi connectivity index (χ2n) is 4.46. The lowest BCUT2D eigenvalue weighted by Gasteiger charge is -2.18. The Hall–Kier alpha value is -2.08. The second kappa shape index (κ2) is 6.58. The van der Waals surface area contributed by atoms with E-state index in [0.29, 0.717) is 24.4 Å². The quantitative estimate of drug-likeness (QED) is 0.917. The van der Waals surface area contributed by atoms with Crippen LogP contribution in [0.3, 0.4) is 0 Å². The van der Waals surface area contributed by atoms with Gasteiger partial charge < -0.3 is 10.5 Å². The van der Waals surface area contributed by atoms with Crippen molar-refractivity contribution in [2.45, 2.75) is 18.7 Å². The van der Waals surface area contributed by atoms with Crippen LogP contribution in [0.2, 0.25) is 0 Å². The highest BCUT2D eigenvalue weighted by Crippen LogP contribution is 2.31. The van der Waals surface area contributed by atoms with Crippen molar-refractivity contribution in [1.82, 2.24) is 4.98 Å². The first-order valence-corrected chi connectivity index (χ1v) is 6.45. The van der Waals surface area contributed by atoms with Gasteiger partial charge in [0.1, 0.15) is 11.9 Å². The first-order valence-electron chi connectivity index (χ1n) is 6.45. The molecule has 6 heteroatoms. The minimum Gasteiger partial charge on any atom is -0.484 e. The molecule has 1 unspecified atom stereocenters. The number of halogens is 3. The Balaban J connectivity index is 2.14. The number of benzene rings is 1. The van der Waals surface area contributed by atoms with E-state index in [1.807, 2.05) is 6.07 Å². The van der Waals surface area contributed by atoms with Crippen LogP contribution in [0.4, 0.5) is 13.2 Å². The third kappa shape index (κ3) is 4.19. The highest BCUT2D eigenvalue weighted by molar-refractivity contribution is 5.29. The fourth-order valence-corrected chi connectivity index (χ4v) is 1.87. The van der Waals surface area contributed by atoms with Crippen molar-refractivity contribution in [1.29, 1.82) is 0 Å². The molecule has 1 heterocycles. The molecule has 112 valence electrons. The molecule has 21 heavy (non-hydrogen) atoms. The van der Waals surface area contributed by atoms with E-state index in [1.165, 1.54) is 12.1 Å². The Bertz CT molecular complexity index is 555. The summed E-state index contributed by atoms with van der Waals surface area (Å²) in [6.45, 7) is 0.391. The summed E-state index contributed by atoms with van der Waals surface area (Å²) in [5, 5.41) is 0. The van der Waals surface area contributed by atoms with Crippen molar-refractivity contribution in [3.8, 4) is 5.75 Å². The number of aromatic nitrogens is 1. The van der Waals surface area contributed by atoms with Crippen LogP contribution in [0.25, 0.3) is 0 Å². The van der Waals surface area contributed by atoms with Crippen LogP contribution in [-0.2, 0) is 6.18 Å². The summed E-state index contributed by atoms with van der Waals surface area (Å²) < 4.78 is 43.2. The van der Waals surface area contributed by atoms with Crippen molar-refractivity contribution >= 4 is 0 Å². The number of hydrogen-bond donors (Lipinski definition) is 1. The van der Waals surface area contributed by atoms with Crippen LogP contribution in [-0.4, -0.2) is 11.5 Å². The third-order valence-corrected chi connectivity index (χ3v) is 2.91. The number of alkyl halides is 3. The van der Waals surface area contributed by atoms with Crippen LogP contribution in [0, 0.1) is 0 Å². The van der Waals surface area contributed by atoms with Crippen LogP contribution < -0.4 is 10.5 Å². The average Bonchev–Trinajstić information content (AvgIpc) is 2.47. The molecular formula is C15H15F3N2O. The fourth-order valence-electron chi connectivity index (χ4n) is 1.87. The maximum Gasteiger partial charge on any atom is 0.416 e. The van der Waals surface area contributed by atoms with E-state index in [0.717, 1.165) is 12.1 Å². The molecule has 0 saturated heterocycles. The standard InChI is InChI=1S/C15H15F3N2O/c16-15(17,18)11-4-6-12(7-5-11)21-14(8-9-19)13-3-1-2-10-20-13/h1-7,10,14H,8-9,19H2. The predicted molar refractivity (Wildman–Crippen MR) is 72.7 cm³/mol. The van der Waals surface area contributed by atoms with E-state index in [2.05, 4.69) is 4.98 Å². The molecule has 0 aliphatic carbocycles. The number of nitrogens with two attached hydrogens (primary N) is 1. The molecule has 0 saturated carbocycles. The predicted octanol–water partition coefficient (Wildman–Crippen LogP) is 3.57. The van der Waals surface area contributed by atoms with Gasteiger partial charge in [-0.3, -0.25) is 4.98 Å². The van der Waals surface area contributed by atoms with E-state index >= 15 is 0 Å². The maximum absolute atomic E-state index is 12.5. The van der Waals surface area contributed by atoms with Gasteiger partial charge in [0.15, 0.2) is 0 Å². The zero-order chi connectivity index (χ0) is 15.3. The minimum atomic E-state index is -4.35. The number of hydrogen-bond acceptors (Lipinski definition) is 3. The topological polar surface area (TPSA) is 48.1 Å². The van der Waals surface area contributed by atoms with Gasteiger partial charge in [-0.25, -0.2) is 0 Å². The first-order chi connectivity index (χ1) is 10.0. The Morgan fingerprint density at radius 1 is 1.10 bits per heavy atom. The molecule has 0 radical (unpaired) electrons.